The molecule has 0 spiro atoms. The van der Waals surface area contributed by atoms with Crippen molar-refractivity contribution < 1.29 is 30.3 Å². The number of nitrogens with zero attached hydrogens (tertiary/aromatic N) is 2. The normalized spacial score (nSPS) is 17.7. The van der Waals surface area contributed by atoms with Gasteiger partial charge in [-0.1, -0.05) is 53.7 Å². The van der Waals surface area contributed by atoms with Crippen LogP contribution in [0.15, 0.2) is 76.5 Å². The molecule has 2 heterocycles. The number of hydrogen-bond acceptors (Lipinski definition) is 7. The van der Waals surface area contributed by atoms with Crippen molar-refractivity contribution in [2.24, 2.45) is 0 Å². The van der Waals surface area contributed by atoms with E-state index in [4.69, 9.17) is 20.7 Å². The minimum atomic E-state index is -3.67. The lowest BCUT2D eigenvalue weighted by Gasteiger charge is -2.39. The van der Waals surface area contributed by atoms with Crippen LogP contribution in [0.4, 0.5) is 4.39 Å². The topological polar surface area (TPSA) is 115 Å². The van der Waals surface area contributed by atoms with Gasteiger partial charge in [-0.05, 0) is 59.5 Å². The van der Waals surface area contributed by atoms with Gasteiger partial charge >= 0.3 is 0 Å². The highest BCUT2D eigenvalue weighted by molar-refractivity contribution is 7.99. The van der Waals surface area contributed by atoms with Crippen LogP contribution < -0.4 is 0 Å². The first-order valence-corrected chi connectivity index (χ1v) is 17.2. The van der Waals surface area contributed by atoms with Crippen molar-refractivity contribution in [3.05, 3.63) is 94.3 Å². The minimum Gasteiger partial charge on any atom is -0.297 e. The lowest BCUT2D eigenvalue weighted by Crippen LogP contribution is -2.47. The summed E-state index contributed by atoms with van der Waals surface area (Å²) in [5.41, 5.74) is 3.92. The number of hydrogen-bond donors (Lipinski definition) is 2. The van der Waals surface area contributed by atoms with E-state index in [-0.39, 0.29) is 5.82 Å². The Morgan fingerprint density at radius 2 is 1.45 bits per heavy atom. The third kappa shape index (κ3) is 11.5. The highest BCUT2D eigenvalue weighted by Gasteiger charge is 2.30. The minimum absolute atomic E-state index is 0.174. The summed E-state index contributed by atoms with van der Waals surface area (Å²) in [7, 11) is -7.33. The zero-order valence-corrected chi connectivity index (χ0v) is 25.3. The molecule has 1 atom stereocenters. The highest BCUT2D eigenvalue weighted by atomic mass is 35.5. The maximum absolute atomic E-state index is 13.2. The second kappa shape index (κ2) is 14.2. The molecule has 2 N–H and O–H groups in total. The number of halogens is 2. The summed E-state index contributed by atoms with van der Waals surface area (Å²) in [4.78, 5) is 7.72. The van der Waals surface area contributed by atoms with Crippen LogP contribution in [0.5, 0.6) is 0 Å². The first kappa shape index (κ1) is 32.5. The predicted molar refractivity (Wildman–Crippen MR) is 157 cm³/mol. The van der Waals surface area contributed by atoms with Crippen molar-refractivity contribution in [2.45, 2.75) is 28.8 Å². The fourth-order valence-corrected chi connectivity index (χ4v) is 5.78. The number of benzene rings is 3. The Balaban J connectivity index is 0.000000381. The third-order valence-corrected chi connectivity index (χ3v) is 7.55. The van der Waals surface area contributed by atoms with Gasteiger partial charge in [0, 0.05) is 53.6 Å². The first-order valence-electron chi connectivity index (χ1n) is 12.3. The number of rotatable bonds is 3. The van der Waals surface area contributed by atoms with Gasteiger partial charge in [-0.25, -0.2) is 4.39 Å². The van der Waals surface area contributed by atoms with Crippen molar-refractivity contribution >= 4 is 43.6 Å². The average Bonchev–Trinajstić information content (AvgIpc) is 3.01. The predicted octanol–water partition coefficient (Wildman–Crippen LogP) is 5.05. The molecule has 0 bridgehead atoms. The Kier molecular flexibility index (Phi) is 11.6. The molecule has 0 amide bonds. The Bertz CT molecular complexity index is 1450. The van der Waals surface area contributed by atoms with Gasteiger partial charge < -0.3 is 0 Å². The molecular weight excluding hydrogens is 599 g/mol. The maximum Gasteiger partial charge on any atom is 0.261 e. The van der Waals surface area contributed by atoms with Gasteiger partial charge in [-0.3, -0.25) is 18.9 Å². The van der Waals surface area contributed by atoms with E-state index in [1.807, 2.05) is 30.0 Å². The lowest BCUT2D eigenvalue weighted by atomic mass is 9.96. The van der Waals surface area contributed by atoms with Crippen LogP contribution in [0, 0.1) is 5.82 Å². The molecule has 2 aliphatic rings. The summed E-state index contributed by atoms with van der Waals surface area (Å²) < 4.78 is 64.9. The molecule has 2 aliphatic heterocycles. The molecule has 8 nitrogen and oxygen atoms in total. The van der Waals surface area contributed by atoms with Crippen molar-refractivity contribution in [1.82, 2.24) is 9.80 Å². The van der Waals surface area contributed by atoms with Gasteiger partial charge in [0.15, 0.2) is 0 Å². The van der Waals surface area contributed by atoms with E-state index < -0.39 is 20.2 Å². The van der Waals surface area contributed by atoms with E-state index in [0.717, 1.165) is 44.2 Å². The zero-order chi connectivity index (χ0) is 29.5. The molecule has 1 saturated heterocycles. The van der Waals surface area contributed by atoms with E-state index in [1.165, 1.54) is 26.5 Å². The zero-order valence-electron chi connectivity index (χ0n) is 22.1. The van der Waals surface area contributed by atoms with E-state index in [2.05, 4.69) is 46.2 Å². The molecule has 13 heteroatoms. The molecule has 218 valence electrons. The van der Waals surface area contributed by atoms with Crippen molar-refractivity contribution in [1.29, 1.82) is 0 Å². The van der Waals surface area contributed by atoms with Crippen molar-refractivity contribution in [2.75, 3.05) is 38.7 Å². The van der Waals surface area contributed by atoms with Crippen LogP contribution in [0.2, 0.25) is 5.02 Å². The second-order valence-electron chi connectivity index (χ2n) is 9.52. The molecule has 3 aromatic carbocycles. The Labute approximate surface area is 244 Å². The van der Waals surface area contributed by atoms with Crippen LogP contribution in [0.1, 0.15) is 22.7 Å². The third-order valence-electron chi connectivity index (χ3n) is 6.10. The SMILES string of the molecule is CS(=O)(=O)O.CS(=O)(=O)O.Fc1ccc(CN2CCN(C3Cc4ccccc4Sc4ccc(Cl)cc43)CC2)cc1. The fourth-order valence-electron chi connectivity index (χ4n) is 4.49. The monoisotopic (exact) mass is 630 g/mol. The molecule has 0 radical (unpaired) electrons. The molecule has 0 aromatic heterocycles. The lowest BCUT2D eigenvalue weighted by molar-refractivity contribution is 0.0902. The summed E-state index contributed by atoms with van der Waals surface area (Å²) in [5.74, 6) is -0.174. The Morgan fingerprint density at radius 3 is 2.05 bits per heavy atom. The molecule has 40 heavy (non-hydrogen) atoms. The van der Waals surface area contributed by atoms with Crippen LogP contribution in [0.25, 0.3) is 0 Å². The van der Waals surface area contributed by atoms with Gasteiger partial charge in [-0.15, -0.1) is 0 Å². The van der Waals surface area contributed by atoms with E-state index in [1.54, 1.807) is 12.1 Å². The van der Waals surface area contributed by atoms with E-state index in [0.29, 0.717) is 18.6 Å². The molecule has 5 rings (SSSR count). The van der Waals surface area contributed by atoms with E-state index in [9.17, 15) is 21.2 Å². The van der Waals surface area contributed by atoms with E-state index >= 15 is 0 Å². The summed E-state index contributed by atoms with van der Waals surface area (Å²) in [6, 6.07) is 22.3. The highest BCUT2D eigenvalue weighted by Crippen LogP contribution is 2.43. The second-order valence-corrected chi connectivity index (χ2v) is 14.0. The number of piperazine rings is 1. The smallest absolute Gasteiger partial charge is 0.261 e. The van der Waals surface area contributed by atoms with Crippen LogP contribution >= 0.6 is 23.4 Å². The van der Waals surface area contributed by atoms with Gasteiger partial charge in [0.2, 0.25) is 0 Å². The standard InChI is InChI=1S/C25H24ClFN2S.2CH4O3S/c26-20-7-10-25-22(16-20)23(15-19-3-1-2-4-24(19)30-25)29-13-11-28(12-14-29)17-18-5-8-21(27)9-6-18;2*1-5(2,3)4/h1-10,16,23H,11-15,17H2;2*1H3,(H,2,3,4). The van der Waals surface area contributed by atoms with Gasteiger partial charge in [0.1, 0.15) is 5.82 Å². The largest absolute Gasteiger partial charge is 0.297 e. The maximum atomic E-state index is 13.2. The summed E-state index contributed by atoms with van der Waals surface area (Å²) in [5, 5.41) is 0.806. The molecule has 0 saturated carbocycles. The summed E-state index contributed by atoms with van der Waals surface area (Å²) in [6.07, 6.45) is 2.44. The molecular formula is C27H32ClFN2O6S3. The summed E-state index contributed by atoms with van der Waals surface area (Å²) >= 11 is 8.26. The quantitative estimate of drug-likeness (QED) is 0.384. The Morgan fingerprint density at radius 1 is 0.875 bits per heavy atom. The Hall–Kier alpha value is -2.03. The van der Waals surface area contributed by atoms with Gasteiger partial charge in [-0.2, -0.15) is 16.8 Å². The fraction of sp³-hybridized carbons (Fsp3) is 0.333. The van der Waals surface area contributed by atoms with Crippen molar-refractivity contribution in [3.63, 3.8) is 0 Å². The first-order chi connectivity index (χ1) is 18.7. The molecule has 1 unspecified atom stereocenters. The van der Waals surface area contributed by atoms with Crippen molar-refractivity contribution in [3.8, 4) is 0 Å². The van der Waals surface area contributed by atoms with Gasteiger partial charge in [0.05, 0.1) is 12.5 Å². The van der Waals surface area contributed by atoms with Crippen LogP contribution in [-0.4, -0.2) is 74.4 Å². The van der Waals surface area contributed by atoms with Crippen LogP contribution in [-0.2, 0) is 33.2 Å². The van der Waals surface area contributed by atoms with Crippen LogP contribution in [0.3, 0.4) is 0 Å². The molecule has 1 fully saturated rings. The summed E-state index contributed by atoms with van der Waals surface area (Å²) in [6.45, 7) is 4.94. The number of fused-ring (bicyclic) bond motifs is 2. The average molecular weight is 631 g/mol. The van der Waals surface area contributed by atoms with Gasteiger partial charge in [0.25, 0.3) is 20.2 Å². The molecule has 3 aromatic rings. The molecule has 0 aliphatic carbocycles.